The number of hydrogen-bond acceptors (Lipinski definition) is 8. The fourth-order valence-electron chi connectivity index (χ4n) is 3.39. The minimum atomic E-state index is 0. The van der Waals surface area contributed by atoms with Gasteiger partial charge in [-0.1, -0.05) is 37.1 Å². The molecule has 5 N–H and O–H groups in total. The lowest BCUT2D eigenvalue weighted by atomic mass is 10.1. The van der Waals surface area contributed by atoms with E-state index in [1.165, 1.54) is 11.1 Å². The summed E-state index contributed by atoms with van der Waals surface area (Å²) in [4.78, 5) is 9.37. The Hall–Kier alpha value is -2.63. The van der Waals surface area contributed by atoms with Gasteiger partial charge in [0.2, 0.25) is 5.89 Å². The fraction of sp³-hybridized carbons (Fsp3) is 0.364. The minimum absolute atomic E-state index is 0. The first kappa shape index (κ1) is 25.6. The molecule has 174 valence electrons. The molecule has 4 rings (SSSR count). The highest BCUT2D eigenvalue weighted by Crippen LogP contribution is 2.28. The van der Waals surface area contributed by atoms with Crippen LogP contribution in [0.3, 0.4) is 0 Å². The van der Waals surface area contributed by atoms with E-state index in [2.05, 4.69) is 49.9 Å². The SMILES string of the molecule is CCSN1CC=C(c2cnc(C)c(-c3nnc(-c4ccc(CNC)cc4)o3)n2)CC1.O.O.[HH]. The van der Waals surface area contributed by atoms with E-state index < -0.39 is 0 Å². The Balaban J connectivity index is 0.00000181. The molecule has 1 aromatic carbocycles. The molecule has 3 aromatic rings. The third kappa shape index (κ3) is 5.78. The topological polar surface area (TPSA) is 143 Å². The van der Waals surface area contributed by atoms with Crippen molar-refractivity contribution in [1.29, 1.82) is 0 Å². The Morgan fingerprint density at radius 3 is 2.56 bits per heavy atom. The van der Waals surface area contributed by atoms with Crippen LogP contribution in [-0.2, 0) is 6.54 Å². The average molecular weight is 461 g/mol. The summed E-state index contributed by atoms with van der Waals surface area (Å²) in [6, 6.07) is 8.09. The number of aromatic nitrogens is 4. The average Bonchev–Trinajstić information content (AvgIpc) is 3.26. The smallest absolute Gasteiger partial charge is 0.268 e. The van der Waals surface area contributed by atoms with E-state index in [0.29, 0.717) is 17.5 Å². The Kier molecular flexibility index (Phi) is 9.48. The molecule has 0 saturated carbocycles. The largest absolute Gasteiger partial charge is 0.415 e. The van der Waals surface area contributed by atoms with Gasteiger partial charge in [-0.3, -0.25) is 4.98 Å². The first-order chi connectivity index (χ1) is 14.7. The second-order valence-corrected chi connectivity index (χ2v) is 8.47. The molecule has 10 heteroatoms. The van der Waals surface area contributed by atoms with Gasteiger partial charge in [-0.15, -0.1) is 10.2 Å². The molecular weight excluding hydrogens is 428 g/mol. The van der Waals surface area contributed by atoms with Crippen molar-refractivity contribution in [3.63, 3.8) is 0 Å². The van der Waals surface area contributed by atoms with Gasteiger partial charge in [-0.25, -0.2) is 9.29 Å². The first-order valence-corrected chi connectivity index (χ1v) is 11.1. The zero-order valence-corrected chi connectivity index (χ0v) is 19.4. The summed E-state index contributed by atoms with van der Waals surface area (Å²) < 4.78 is 8.33. The summed E-state index contributed by atoms with van der Waals surface area (Å²) in [5.41, 5.74) is 5.61. The normalized spacial score (nSPS) is 13.8. The molecular formula is C22H32N6O3S. The van der Waals surface area contributed by atoms with Crippen molar-refractivity contribution >= 4 is 17.5 Å². The maximum atomic E-state index is 5.96. The molecule has 0 radical (unpaired) electrons. The Morgan fingerprint density at radius 2 is 1.91 bits per heavy atom. The van der Waals surface area contributed by atoms with E-state index in [9.17, 15) is 0 Å². The summed E-state index contributed by atoms with van der Waals surface area (Å²) in [5.74, 6) is 1.97. The third-order valence-corrected chi connectivity index (χ3v) is 5.93. The third-order valence-electron chi connectivity index (χ3n) is 4.98. The summed E-state index contributed by atoms with van der Waals surface area (Å²) in [5, 5.41) is 11.6. The molecule has 2 aromatic heterocycles. The highest BCUT2D eigenvalue weighted by atomic mass is 32.2. The van der Waals surface area contributed by atoms with E-state index in [-0.39, 0.29) is 12.4 Å². The highest BCUT2D eigenvalue weighted by molar-refractivity contribution is 7.96. The van der Waals surface area contributed by atoms with Crippen LogP contribution in [0.4, 0.5) is 0 Å². The summed E-state index contributed by atoms with van der Waals surface area (Å²) in [6.07, 6.45) is 5.03. The molecule has 0 aliphatic carbocycles. The predicted molar refractivity (Wildman–Crippen MR) is 130 cm³/mol. The number of hydrogen-bond donors (Lipinski definition) is 1. The quantitative estimate of drug-likeness (QED) is 0.530. The van der Waals surface area contributed by atoms with Crippen LogP contribution in [-0.4, -0.2) is 61.3 Å². The number of nitrogens with zero attached hydrogens (tertiary/aromatic N) is 5. The Bertz CT molecular complexity index is 1040. The van der Waals surface area contributed by atoms with Crippen LogP contribution >= 0.6 is 11.9 Å². The van der Waals surface area contributed by atoms with E-state index in [0.717, 1.165) is 48.8 Å². The van der Waals surface area contributed by atoms with E-state index >= 15 is 0 Å². The summed E-state index contributed by atoms with van der Waals surface area (Å²) >= 11 is 1.87. The van der Waals surface area contributed by atoms with Crippen LogP contribution in [0.15, 0.2) is 41.0 Å². The van der Waals surface area contributed by atoms with Crippen LogP contribution in [0.1, 0.15) is 31.7 Å². The number of benzene rings is 1. The first-order valence-electron chi connectivity index (χ1n) is 10.2. The standard InChI is InChI=1S/C22H26N6OS.2H2O.H2/c1-4-30-28-11-9-17(10-12-28)19-14-24-15(2)20(25-19)22-27-26-21(29-22)18-7-5-16(6-8-18)13-23-3;;;/h5-9,14,23H,4,10-13H2,1-3H3;2*1H2;1H. The minimum Gasteiger partial charge on any atom is -0.415 e. The van der Waals surface area contributed by atoms with Crippen molar-refractivity contribution in [3.05, 3.63) is 53.5 Å². The second-order valence-electron chi connectivity index (χ2n) is 7.11. The molecule has 9 nitrogen and oxygen atoms in total. The monoisotopic (exact) mass is 460 g/mol. The number of nitrogens with one attached hydrogen (secondary N) is 1. The van der Waals surface area contributed by atoms with Gasteiger partial charge < -0.3 is 20.7 Å². The zero-order chi connectivity index (χ0) is 20.9. The molecule has 0 saturated heterocycles. The molecule has 0 atom stereocenters. The van der Waals surface area contributed by atoms with Gasteiger partial charge in [0, 0.05) is 32.4 Å². The van der Waals surface area contributed by atoms with E-state index in [4.69, 9.17) is 9.40 Å². The van der Waals surface area contributed by atoms with Crippen LogP contribution in [0, 0.1) is 6.92 Å². The van der Waals surface area contributed by atoms with E-state index in [1.807, 2.05) is 44.2 Å². The molecule has 0 fully saturated rings. The molecule has 1 aliphatic heterocycles. The summed E-state index contributed by atoms with van der Waals surface area (Å²) in [7, 11) is 1.93. The molecule has 3 heterocycles. The van der Waals surface area contributed by atoms with Gasteiger partial charge in [0.15, 0.2) is 0 Å². The molecule has 0 bridgehead atoms. The Morgan fingerprint density at radius 1 is 1.16 bits per heavy atom. The predicted octanol–water partition coefficient (Wildman–Crippen LogP) is 2.58. The van der Waals surface area contributed by atoms with Crippen molar-refractivity contribution in [1.82, 2.24) is 29.8 Å². The second kappa shape index (κ2) is 11.8. The van der Waals surface area contributed by atoms with Gasteiger partial charge in [-0.2, -0.15) is 0 Å². The van der Waals surface area contributed by atoms with Gasteiger partial charge >= 0.3 is 0 Å². The summed E-state index contributed by atoms with van der Waals surface area (Å²) in [6.45, 7) is 6.85. The van der Waals surface area contributed by atoms with Crippen molar-refractivity contribution in [2.24, 2.45) is 0 Å². The van der Waals surface area contributed by atoms with Gasteiger partial charge in [0.1, 0.15) is 5.69 Å². The van der Waals surface area contributed by atoms with Gasteiger partial charge in [0.25, 0.3) is 5.89 Å². The van der Waals surface area contributed by atoms with Crippen LogP contribution < -0.4 is 5.32 Å². The van der Waals surface area contributed by atoms with Gasteiger partial charge in [-0.05, 0) is 43.7 Å². The lowest BCUT2D eigenvalue weighted by Crippen LogP contribution is -2.22. The Labute approximate surface area is 193 Å². The zero-order valence-electron chi connectivity index (χ0n) is 18.6. The van der Waals surface area contributed by atoms with Crippen molar-refractivity contribution in [2.75, 3.05) is 25.9 Å². The van der Waals surface area contributed by atoms with Crippen LogP contribution in [0.25, 0.3) is 28.6 Å². The van der Waals surface area contributed by atoms with Crippen LogP contribution in [0.2, 0.25) is 0 Å². The fourth-order valence-corrected chi connectivity index (χ4v) is 4.16. The molecule has 1 aliphatic rings. The molecule has 32 heavy (non-hydrogen) atoms. The molecule has 0 amide bonds. The van der Waals surface area contributed by atoms with E-state index in [1.54, 1.807) is 0 Å². The van der Waals surface area contributed by atoms with Crippen molar-refractivity contribution in [3.8, 4) is 23.0 Å². The van der Waals surface area contributed by atoms with Crippen molar-refractivity contribution in [2.45, 2.75) is 26.8 Å². The lowest BCUT2D eigenvalue weighted by Gasteiger charge is -2.24. The van der Waals surface area contributed by atoms with Crippen LogP contribution in [0.5, 0.6) is 0 Å². The maximum Gasteiger partial charge on any atom is 0.268 e. The van der Waals surface area contributed by atoms with Crippen molar-refractivity contribution < 1.29 is 16.8 Å². The maximum absolute atomic E-state index is 5.96. The molecule has 0 spiro atoms. The lowest BCUT2D eigenvalue weighted by molar-refractivity contribution is 0.516. The molecule has 0 unspecified atom stereocenters. The number of rotatable bonds is 7. The highest BCUT2D eigenvalue weighted by Gasteiger charge is 2.19. The van der Waals surface area contributed by atoms with Gasteiger partial charge in [0.05, 0.1) is 17.6 Å². The number of aryl methyl sites for hydroxylation is 1.